The molecule has 5 nitrogen and oxygen atoms in total. The van der Waals surface area contributed by atoms with Crippen molar-refractivity contribution in [3.8, 4) is 11.3 Å². The quantitative estimate of drug-likeness (QED) is 0.637. The van der Waals surface area contributed by atoms with Crippen LogP contribution in [-0.2, 0) is 22.7 Å². The Hall–Kier alpha value is -1.87. The molecule has 23 heavy (non-hydrogen) atoms. The van der Waals surface area contributed by atoms with Gasteiger partial charge in [-0.2, -0.15) is 21.6 Å². The van der Waals surface area contributed by atoms with E-state index in [0.29, 0.717) is 29.9 Å². The number of aryl methyl sites for hydroxylation is 1. The largest absolute Gasteiger partial charge is 0.416 e. The number of unbranched alkanes of at least 4 members (excludes halogenated alkanes) is 1. The predicted molar refractivity (Wildman–Crippen MR) is 76.3 cm³/mol. The first kappa shape index (κ1) is 17.5. The van der Waals surface area contributed by atoms with Gasteiger partial charge < -0.3 is 4.52 Å². The molecule has 2 aromatic rings. The summed E-state index contributed by atoms with van der Waals surface area (Å²) in [4.78, 5) is 0. The highest BCUT2D eigenvalue weighted by molar-refractivity contribution is 7.85. The second kappa shape index (κ2) is 6.71. The maximum Gasteiger partial charge on any atom is 0.416 e. The van der Waals surface area contributed by atoms with Crippen LogP contribution in [0.25, 0.3) is 11.3 Å². The summed E-state index contributed by atoms with van der Waals surface area (Å²) in [6, 6.07) is 6.15. The molecule has 1 aromatic carbocycles. The van der Waals surface area contributed by atoms with E-state index in [0.717, 1.165) is 12.1 Å². The molecular formula is C14H14F3NO4S. The molecule has 1 aromatic heterocycles. The first-order chi connectivity index (χ1) is 10.6. The van der Waals surface area contributed by atoms with Crippen molar-refractivity contribution < 1.29 is 30.7 Å². The van der Waals surface area contributed by atoms with Crippen molar-refractivity contribution in [1.82, 2.24) is 5.16 Å². The normalized spacial score (nSPS) is 12.5. The summed E-state index contributed by atoms with van der Waals surface area (Å²) in [6.07, 6.45) is -3.22. The van der Waals surface area contributed by atoms with Crippen LogP contribution in [0.2, 0.25) is 0 Å². The minimum Gasteiger partial charge on any atom is -0.361 e. The van der Waals surface area contributed by atoms with Gasteiger partial charge in [0, 0.05) is 18.1 Å². The Balaban J connectivity index is 1.96. The number of halogens is 3. The van der Waals surface area contributed by atoms with Crippen molar-refractivity contribution in [1.29, 1.82) is 0 Å². The number of nitrogens with zero attached hydrogens (tertiary/aromatic N) is 1. The van der Waals surface area contributed by atoms with Crippen LogP contribution in [0.4, 0.5) is 13.2 Å². The fourth-order valence-corrected chi connectivity index (χ4v) is 2.55. The maximum absolute atomic E-state index is 12.5. The minimum atomic E-state index is -4.39. The molecule has 1 heterocycles. The Morgan fingerprint density at radius 2 is 1.78 bits per heavy atom. The molecule has 0 fully saturated rings. The third-order valence-electron chi connectivity index (χ3n) is 3.14. The lowest BCUT2D eigenvalue weighted by Crippen LogP contribution is -2.04. The molecule has 0 unspecified atom stereocenters. The van der Waals surface area contributed by atoms with Crippen LogP contribution < -0.4 is 0 Å². The first-order valence-electron chi connectivity index (χ1n) is 6.73. The number of hydrogen-bond acceptors (Lipinski definition) is 4. The van der Waals surface area contributed by atoms with Crippen LogP contribution in [0, 0.1) is 0 Å². The molecule has 0 aliphatic rings. The van der Waals surface area contributed by atoms with Crippen molar-refractivity contribution in [3.63, 3.8) is 0 Å². The number of benzene rings is 1. The lowest BCUT2D eigenvalue weighted by molar-refractivity contribution is -0.137. The van der Waals surface area contributed by atoms with Crippen LogP contribution in [0.5, 0.6) is 0 Å². The molecule has 0 spiro atoms. The summed E-state index contributed by atoms with van der Waals surface area (Å²) in [5, 5.41) is 3.78. The van der Waals surface area contributed by atoms with Gasteiger partial charge in [0.25, 0.3) is 10.1 Å². The second-order valence-corrected chi connectivity index (χ2v) is 6.57. The first-order valence-corrected chi connectivity index (χ1v) is 8.34. The Labute approximate surface area is 130 Å². The summed E-state index contributed by atoms with van der Waals surface area (Å²) in [6.45, 7) is 0. The van der Waals surface area contributed by atoms with E-state index in [1.165, 1.54) is 12.1 Å². The average molecular weight is 349 g/mol. The van der Waals surface area contributed by atoms with Crippen LogP contribution >= 0.6 is 0 Å². The molecule has 0 bridgehead atoms. The van der Waals surface area contributed by atoms with Crippen molar-refractivity contribution in [3.05, 3.63) is 41.7 Å². The van der Waals surface area contributed by atoms with E-state index in [1.54, 1.807) is 6.07 Å². The minimum absolute atomic E-state index is 0.273. The van der Waals surface area contributed by atoms with Gasteiger partial charge in [0.05, 0.1) is 11.3 Å². The van der Waals surface area contributed by atoms with E-state index in [-0.39, 0.29) is 12.2 Å². The third-order valence-corrected chi connectivity index (χ3v) is 3.95. The fraction of sp³-hybridized carbons (Fsp3) is 0.357. The van der Waals surface area contributed by atoms with Crippen molar-refractivity contribution in [2.75, 3.05) is 5.75 Å². The van der Waals surface area contributed by atoms with Gasteiger partial charge in [-0.3, -0.25) is 4.55 Å². The zero-order valence-electron chi connectivity index (χ0n) is 11.9. The van der Waals surface area contributed by atoms with E-state index in [1.807, 2.05) is 0 Å². The van der Waals surface area contributed by atoms with Gasteiger partial charge in [-0.25, -0.2) is 0 Å². The molecule has 0 saturated carbocycles. The lowest BCUT2D eigenvalue weighted by Gasteiger charge is -2.06. The van der Waals surface area contributed by atoms with Crippen LogP contribution in [0.3, 0.4) is 0 Å². The van der Waals surface area contributed by atoms with Crippen molar-refractivity contribution >= 4 is 10.1 Å². The molecule has 2 rings (SSSR count). The van der Waals surface area contributed by atoms with Gasteiger partial charge in [0.1, 0.15) is 11.5 Å². The third kappa shape index (κ3) is 5.36. The Morgan fingerprint density at radius 1 is 1.13 bits per heavy atom. The molecular weight excluding hydrogens is 335 g/mol. The summed E-state index contributed by atoms with van der Waals surface area (Å²) < 4.78 is 72.3. The zero-order chi connectivity index (χ0) is 17.1. The molecule has 0 atom stereocenters. The standard InChI is InChI=1S/C14H14F3NO4S/c15-14(16,17)11-6-4-10(5-7-11)13-9-12(22-18-13)3-1-2-8-23(19,20)21/h4-7,9H,1-3,8H2,(H,19,20,21). The van der Waals surface area contributed by atoms with E-state index in [9.17, 15) is 21.6 Å². The van der Waals surface area contributed by atoms with Gasteiger partial charge in [0.2, 0.25) is 0 Å². The summed E-state index contributed by atoms with van der Waals surface area (Å²) >= 11 is 0. The van der Waals surface area contributed by atoms with Gasteiger partial charge in [0.15, 0.2) is 0 Å². The molecule has 0 aliphatic carbocycles. The van der Waals surface area contributed by atoms with E-state index >= 15 is 0 Å². The van der Waals surface area contributed by atoms with E-state index in [4.69, 9.17) is 9.08 Å². The highest BCUT2D eigenvalue weighted by Crippen LogP contribution is 2.30. The Kier molecular flexibility index (Phi) is 5.10. The molecule has 0 radical (unpaired) electrons. The zero-order valence-corrected chi connectivity index (χ0v) is 12.7. The van der Waals surface area contributed by atoms with Gasteiger partial charge in [-0.1, -0.05) is 17.3 Å². The number of aromatic nitrogens is 1. The molecule has 1 N–H and O–H groups in total. The van der Waals surface area contributed by atoms with Crippen LogP contribution in [0.15, 0.2) is 34.9 Å². The van der Waals surface area contributed by atoms with E-state index in [2.05, 4.69) is 5.16 Å². The molecule has 126 valence electrons. The van der Waals surface area contributed by atoms with E-state index < -0.39 is 21.9 Å². The van der Waals surface area contributed by atoms with Crippen LogP contribution in [-0.4, -0.2) is 23.9 Å². The Morgan fingerprint density at radius 3 is 2.35 bits per heavy atom. The van der Waals surface area contributed by atoms with Crippen LogP contribution in [0.1, 0.15) is 24.2 Å². The maximum atomic E-state index is 12.5. The second-order valence-electron chi connectivity index (χ2n) is 5.00. The molecule has 9 heteroatoms. The number of hydrogen-bond donors (Lipinski definition) is 1. The number of rotatable bonds is 6. The van der Waals surface area contributed by atoms with Crippen molar-refractivity contribution in [2.45, 2.75) is 25.4 Å². The average Bonchev–Trinajstić information content (AvgIpc) is 2.91. The van der Waals surface area contributed by atoms with Gasteiger partial charge in [-0.05, 0) is 25.0 Å². The summed E-state index contributed by atoms with van der Waals surface area (Å²) in [5.41, 5.74) is 0.157. The molecule has 0 aliphatic heterocycles. The highest BCUT2D eigenvalue weighted by Gasteiger charge is 2.30. The summed E-state index contributed by atoms with van der Waals surface area (Å²) in [7, 11) is -3.97. The lowest BCUT2D eigenvalue weighted by atomic mass is 10.1. The van der Waals surface area contributed by atoms with Crippen molar-refractivity contribution in [2.24, 2.45) is 0 Å². The topological polar surface area (TPSA) is 80.4 Å². The van der Waals surface area contributed by atoms with Gasteiger partial charge in [-0.15, -0.1) is 0 Å². The number of alkyl halides is 3. The van der Waals surface area contributed by atoms with Gasteiger partial charge >= 0.3 is 6.18 Å². The smallest absolute Gasteiger partial charge is 0.361 e. The summed E-state index contributed by atoms with van der Waals surface area (Å²) in [5.74, 6) is 0.169. The fourth-order valence-electron chi connectivity index (χ4n) is 1.98. The SMILES string of the molecule is O=S(=O)(O)CCCCc1cc(-c2ccc(C(F)(F)F)cc2)no1. The highest BCUT2D eigenvalue weighted by atomic mass is 32.2. The molecule has 0 amide bonds. The monoisotopic (exact) mass is 349 g/mol. The molecule has 0 saturated heterocycles. The predicted octanol–water partition coefficient (Wildman–Crippen LogP) is 3.57. The Bertz CT molecular complexity index is 751.